The van der Waals surface area contributed by atoms with Gasteiger partial charge in [-0.1, -0.05) is 29.8 Å². The maximum Gasteiger partial charge on any atom is 0.255 e. The van der Waals surface area contributed by atoms with Crippen LogP contribution < -0.4 is 5.32 Å². The van der Waals surface area contributed by atoms with E-state index in [0.717, 1.165) is 11.4 Å². The van der Waals surface area contributed by atoms with Crippen molar-refractivity contribution in [1.82, 2.24) is 5.32 Å². The number of hydrogen-bond donors (Lipinski definition) is 3. The van der Waals surface area contributed by atoms with Gasteiger partial charge >= 0.3 is 0 Å². The number of phenolic OH excluding ortho intramolecular Hbond substituents is 2. The Bertz CT molecular complexity index is 418. The van der Waals surface area contributed by atoms with Crippen molar-refractivity contribution in [2.45, 2.75) is 13.8 Å². The minimum absolute atomic E-state index is 0.0534. The molecule has 1 aromatic carbocycles. The van der Waals surface area contributed by atoms with E-state index in [1.165, 1.54) is 12.1 Å². The predicted octanol–water partition coefficient (Wildman–Crippen LogP) is 2.25. The monoisotopic (exact) mass is 301 g/mol. The average molecular weight is 302 g/mol. The van der Waals surface area contributed by atoms with Crippen LogP contribution in [0.1, 0.15) is 24.2 Å². The second kappa shape index (κ2) is 5.40. The Morgan fingerprint density at radius 1 is 1.41 bits per heavy atom. The highest BCUT2D eigenvalue weighted by atomic mass is 79.9. The Morgan fingerprint density at radius 2 is 2.06 bits per heavy atom. The fraction of sp³-hybridized carbons (Fsp3) is 0.417. The zero-order valence-electron chi connectivity index (χ0n) is 9.83. The van der Waals surface area contributed by atoms with Gasteiger partial charge in [-0.2, -0.15) is 0 Å². The predicted molar refractivity (Wildman–Crippen MR) is 69.7 cm³/mol. The number of alkyl halides is 1. The highest BCUT2D eigenvalue weighted by Gasteiger charge is 2.18. The number of halogens is 1. The molecule has 0 aliphatic carbocycles. The smallest absolute Gasteiger partial charge is 0.255 e. The number of nitrogens with one attached hydrogen (secondary N) is 1. The molecule has 4 nitrogen and oxygen atoms in total. The SMILES string of the molecule is CC(C)(CBr)CNC(=O)c1ccc(O)cc1O. The molecule has 0 heterocycles. The van der Waals surface area contributed by atoms with Crippen LogP contribution >= 0.6 is 15.9 Å². The summed E-state index contributed by atoms with van der Waals surface area (Å²) < 4.78 is 0. The summed E-state index contributed by atoms with van der Waals surface area (Å²) in [5.74, 6) is -0.643. The first-order valence-corrected chi connectivity index (χ1v) is 6.34. The molecule has 0 saturated heterocycles. The lowest BCUT2D eigenvalue weighted by molar-refractivity contribution is 0.0937. The Labute approximate surface area is 109 Å². The lowest BCUT2D eigenvalue weighted by Gasteiger charge is -2.21. The van der Waals surface area contributed by atoms with E-state index < -0.39 is 0 Å². The van der Waals surface area contributed by atoms with E-state index in [1.54, 1.807) is 0 Å². The Morgan fingerprint density at radius 3 is 2.59 bits per heavy atom. The fourth-order valence-corrected chi connectivity index (χ4v) is 1.37. The quantitative estimate of drug-likeness (QED) is 0.747. The molecule has 0 spiro atoms. The number of aromatic hydroxyl groups is 2. The molecule has 0 bridgehead atoms. The van der Waals surface area contributed by atoms with Gasteiger partial charge in [0.2, 0.25) is 0 Å². The van der Waals surface area contributed by atoms with Crippen LogP contribution in [0.15, 0.2) is 18.2 Å². The fourth-order valence-electron chi connectivity index (χ4n) is 1.17. The first-order valence-electron chi connectivity index (χ1n) is 5.22. The molecule has 0 fully saturated rings. The van der Waals surface area contributed by atoms with Crippen LogP contribution in [0.5, 0.6) is 11.5 Å². The molecule has 5 heteroatoms. The van der Waals surface area contributed by atoms with E-state index in [9.17, 15) is 9.90 Å². The maximum atomic E-state index is 11.8. The van der Waals surface area contributed by atoms with Crippen LogP contribution in [0.4, 0.5) is 0 Å². The van der Waals surface area contributed by atoms with Gasteiger partial charge in [0.15, 0.2) is 0 Å². The zero-order chi connectivity index (χ0) is 13.1. The van der Waals surface area contributed by atoms with Gasteiger partial charge in [-0.3, -0.25) is 4.79 Å². The van der Waals surface area contributed by atoms with E-state index in [2.05, 4.69) is 21.2 Å². The number of rotatable bonds is 4. The molecule has 1 amide bonds. The van der Waals surface area contributed by atoms with Crippen LogP contribution in [0.3, 0.4) is 0 Å². The second-order valence-corrected chi connectivity index (χ2v) is 5.24. The van der Waals surface area contributed by atoms with Crippen molar-refractivity contribution < 1.29 is 15.0 Å². The van der Waals surface area contributed by atoms with Gasteiger partial charge in [0.05, 0.1) is 5.56 Å². The molecular weight excluding hydrogens is 286 g/mol. The Kier molecular flexibility index (Phi) is 4.40. The van der Waals surface area contributed by atoms with E-state index in [1.807, 2.05) is 13.8 Å². The van der Waals surface area contributed by atoms with Crippen molar-refractivity contribution in [3.63, 3.8) is 0 Å². The molecule has 0 aliphatic heterocycles. The molecule has 17 heavy (non-hydrogen) atoms. The third-order valence-corrected chi connectivity index (χ3v) is 3.83. The number of phenols is 2. The Balaban J connectivity index is 2.71. The summed E-state index contributed by atoms with van der Waals surface area (Å²) in [6.07, 6.45) is 0. The van der Waals surface area contributed by atoms with Crippen molar-refractivity contribution in [2.24, 2.45) is 5.41 Å². The van der Waals surface area contributed by atoms with Gasteiger partial charge in [-0.25, -0.2) is 0 Å². The maximum absolute atomic E-state index is 11.8. The molecule has 0 aliphatic rings. The minimum atomic E-state index is -0.350. The summed E-state index contributed by atoms with van der Waals surface area (Å²) in [4.78, 5) is 11.8. The van der Waals surface area contributed by atoms with Crippen molar-refractivity contribution in [1.29, 1.82) is 0 Å². The van der Waals surface area contributed by atoms with E-state index in [-0.39, 0.29) is 28.4 Å². The number of amides is 1. The van der Waals surface area contributed by atoms with E-state index >= 15 is 0 Å². The van der Waals surface area contributed by atoms with Gasteiger partial charge in [-0.15, -0.1) is 0 Å². The molecule has 3 N–H and O–H groups in total. The lowest BCUT2D eigenvalue weighted by atomic mass is 9.96. The third-order valence-electron chi connectivity index (χ3n) is 2.32. The highest BCUT2D eigenvalue weighted by molar-refractivity contribution is 9.09. The average Bonchev–Trinajstić information content (AvgIpc) is 2.26. The van der Waals surface area contributed by atoms with Crippen LogP contribution in [-0.2, 0) is 0 Å². The van der Waals surface area contributed by atoms with Crippen molar-refractivity contribution >= 4 is 21.8 Å². The summed E-state index contributed by atoms with van der Waals surface area (Å²) in [5.41, 5.74) is 0.107. The van der Waals surface area contributed by atoms with Gasteiger partial charge in [0.25, 0.3) is 5.91 Å². The molecular formula is C12H16BrNO3. The lowest BCUT2D eigenvalue weighted by Crippen LogP contribution is -2.34. The molecule has 94 valence electrons. The van der Waals surface area contributed by atoms with Gasteiger partial charge in [0.1, 0.15) is 11.5 Å². The standard InChI is InChI=1S/C12H16BrNO3/c1-12(2,6-13)7-14-11(17)9-4-3-8(15)5-10(9)16/h3-5,15-16H,6-7H2,1-2H3,(H,14,17). The largest absolute Gasteiger partial charge is 0.508 e. The minimum Gasteiger partial charge on any atom is -0.508 e. The second-order valence-electron chi connectivity index (χ2n) is 4.68. The van der Waals surface area contributed by atoms with Gasteiger partial charge in [0, 0.05) is 17.9 Å². The van der Waals surface area contributed by atoms with Gasteiger partial charge in [-0.05, 0) is 17.5 Å². The first kappa shape index (κ1) is 13.8. The summed E-state index contributed by atoms with van der Waals surface area (Å²) >= 11 is 3.37. The number of carbonyl (C=O) groups is 1. The van der Waals surface area contributed by atoms with E-state index in [4.69, 9.17) is 5.11 Å². The van der Waals surface area contributed by atoms with Crippen LogP contribution in [0.25, 0.3) is 0 Å². The summed E-state index contributed by atoms with van der Waals surface area (Å²) in [6, 6.07) is 3.90. The summed E-state index contributed by atoms with van der Waals surface area (Å²) in [6.45, 7) is 4.52. The van der Waals surface area contributed by atoms with Crippen LogP contribution in [-0.4, -0.2) is 28.0 Å². The van der Waals surface area contributed by atoms with Crippen molar-refractivity contribution in [2.75, 3.05) is 11.9 Å². The molecule has 0 atom stereocenters. The molecule has 0 saturated carbocycles. The topological polar surface area (TPSA) is 69.6 Å². The number of benzene rings is 1. The number of carbonyl (C=O) groups excluding carboxylic acids is 1. The first-order chi connectivity index (χ1) is 7.85. The molecule has 1 rings (SSSR count). The Hall–Kier alpha value is -1.23. The molecule has 0 aromatic heterocycles. The van der Waals surface area contributed by atoms with Crippen LogP contribution in [0.2, 0.25) is 0 Å². The molecule has 0 radical (unpaired) electrons. The third kappa shape index (κ3) is 3.93. The van der Waals surface area contributed by atoms with Crippen molar-refractivity contribution in [3.05, 3.63) is 23.8 Å². The molecule has 1 aromatic rings. The highest BCUT2D eigenvalue weighted by Crippen LogP contribution is 2.23. The van der Waals surface area contributed by atoms with Crippen molar-refractivity contribution in [3.8, 4) is 11.5 Å². The molecule has 0 unspecified atom stereocenters. The van der Waals surface area contributed by atoms with Gasteiger partial charge < -0.3 is 15.5 Å². The summed E-state index contributed by atoms with van der Waals surface area (Å²) in [5, 5.41) is 22.1. The van der Waals surface area contributed by atoms with Crippen LogP contribution in [0, 0.1) is 5.41 Å². The number of hydrogen-bond acceptors (Lipinski definition) is 3. The van der Waals surface area contributed by atoms with E-state index in [0.29, 0.717) is 6.54 Å². The normalized spacial score (nSPS) is 11.2. The summed E-state index contributed by atoms with van der Waals surface area (Å²) in [7, 11) is 0. The zero-order valence-corrected chi connectivity index (χ0v) is 11.4.